The van der Waals surface area contributed by atoms with Gasteiger partial charge in [-0.05, 0) is 44.9 Å². The van der Waals surface area contributed by atoms with Crippen molar-refractivity contribution >= 4 is 11.9 Å². The van der Waals surface area contributed by atoms with Crippen LogP contribution >= 0.6 is 0 Å². The predicted molar refractivity (Wildman–Crippen MR) is 273 cm³/mol. The third-order valence-electron chi connectivity index (χ3n) is 13.3. The van der Waals surface area contributed by atoms with Gasteiger partial charge < -0.3 is 20.3 Å². The highest BCUT2D eigenvalue weighted by Gasteiger charge is 2.24. The number of hydrogen-bond donors (Lipinski definition) is 3. The monoisotopic (exact) mass is 890 g/mol. The summed E-state index contributed by atoms with van der Waals surface area (Å²) in [5, 5.41) is 23.8. The molecule has 0 spiro atoms. The van der Waals surface area contributed by atoms with Gasteiger partial charge in [0.25, 0.3) is 0 Å². The van der Waals surface area contributed by atoms with Crippen LogP contribution in [0.5, 0.6) is 0 Å². The highest BCUT2D eigenvalue weighted by molar-refractivity contribution is 5.77. The Morgan fingerprint density at radius 2 is 0.778 bits per heavy atom. The van der Waals surface area contributed by atoms with Gasteiger partial charge in [0.1, 0.15) is 6.10 Å². The number of rotatable bonds is 52. The number of aliphatic hydroxyl groups is 2. The molecule has 3 unspecified atom stereocenters. The van der Waals surface area contributed by atoms with E-state index in [1.807, 2.05) is 0 Å². The number of ether oxygens (including phenoxy) is 1. The lowest BCUT2D eigenvalue weighted by atomic mass is 10.0. The van der Waals surface area contributed by atoms with Crippen molar-refractivity contribution in [2.24, 2.45) is 0 Å². The van der Waals surface area contributed by atoms with Crippen LogP contribution in [-0.2, 0) is 14.3 Å². The highest BCUT2D eigenvalue weighted by Crippen LogP contribution is 2.18. The number of amides is 1. The third kappa shape index (κ3) is 46.9. The zero-order valence-electron chi connectivity index (χ0n) is 42.7. The first-order valence-electron chi connectivity index (χ1n) is 28.4. The number of nitrogens with one attached hydrogen (secondary N) is 1. The highest BCUT2D eigenvalue weighted by atomic mass is 16.5. The van der Waals surface area contributed by atoms with Crippen molar-refractivity contribution in [1.82, 2.24) is 5.32 Å². The fraction of sp³-hybridized carbons (Fsp3) is 0.930. The second kappa shape index (κ2) is 51.6. The van der Waals surface area contributed by atoms with E-state index in [2.05, 4.69) is 38.2 Å². The van der Waals surface area contributed by atoms with E-state index in [9.17, 15) is 19.8 Å². The van der Waals surface area contributed by atoms with Crippen molar-refractivity contribution in [3.63, 3.8) is 0 Å². The summed E-state index contributed by atoms with van der Waals surface area (Å²) in [6.45, 7) is 6.50. The van der Waals surface area contributed by atoms with Crippen LogP contribution in [0.15, 0.2) is 12.2 Å². The van der Waals surface area contributed by atoms with Crippen molar-refractivity contribution in [2.45, 2.75) is 334 Å². The van der Waals surface area contributed by atoms with Crippen molar-refractivity contribution in [3.8, 4) is 0 Å². The van der Waals surface area contributed by atoms with Crippen LogP contribution < -0.4 is 5.32 Å². The molecule has 3 N–H and O–H groups in total. The minimum Gasteiger partial charge on any atom is -0.462 e. The first-order valence-corrected chi connectivity index (χ1v) is 28.4. The molecule has 0 aliphatic rings. The Hall–Kier alpha value is -1.40. The zero-order valence-corrected chi connectivity index (χ0v) is 42.7. The van der Waals surface area contributed by atoms with Crippen LogP contribution in [0.4, 0.5) is 0 Å². The van der Waals surface area contributed by atoms with Gasteiger partial charge in [-0.2, -0.15) is 0 Å². The Bertz CT molecular complexity index is 955. The van der Waals surface area contributed by atoms with Gasteiger partial charge >= 0.3 is 5.97 Å². The van der Waals surface area contributed by atoms with Gasteiger partial charge in [-0.1, -0.05) is 270 Å². The minimum absolute atomic E-state index is 0.0640. The molecule has 0 bridgehead atoms. The summed E-state index contributed by atoms with van der Waals surface area (Å²) >= 11 is 0. The van der Waals surface area contributed by atoms with Crippen molar-refractivity contribution < 1.29 is 24.5 Å². The van der Waals surface area contributed by atoms with Gasteiger partial charge in [-0.25, -0.2) is 0 Å². The van der Waals surface area contributed by atoms with Crippen molar-refractivity contribution in [3.05, 3.63) is 12.2 Å². The Balaban J connectivity index is 4.43. The number of carbonyl (C=O) groups is 2. The van der Waals surface area contributed by atoms with E-state index in [1.54, 1.807) is 0 Å². The third-order valence-corrected chi connectivity index (χ3v) is 13.3. The normalized spacial score (nSPS) is 13.2. The summed E-state index contributed by atoms with van der Waals surface area (Å²) in [6.07, 6.45) is 58.6. The molecule has 0 fully saturated rings. The van der Waals surface area contributed by atoms with Crippen LogP contribution in [0.25, 0.3) is 0 Å². The van der Waals surface area contributed by atoms with Gasteiger partial charge in [0.2, 0.25) is 5.91 Å². The molecule has 3 atom stereocenters. The first kappa shape index (κ1) is 61.6. The lowest BCUT2D eigenvalue weighted by molar-refractivity contribution is -0.151. The quantitative estimate of drug-likeness (QED) is 0.0321. The van der Waals surface area contributed by atoms with Crippen LogP contribution in [0, 0.1) is 0 Å². The van der Waals surface area contributed by atoms with Crippen molar-refractivity contribution in [1.29, 1.82) is 0 Å². The fourth-order valence-electron chi connectivity index (χ4n) is 9.02. The average Bonchev–Trinajstić information content (AvgIpc) is 3.28. The average molecular weight is 891 g/mol. The summed E-state index contributed by atoms with van der Waals surface area (Å²) in [4.78, 5) is 26.2. The van der Waals surface area contributed by atoms with Crippen LogP contribution in [-0.4, -0.2) is 46.9 Å². The molecular weight excluding hydrogens is 779 g/mol. The molecule has 63 heavy (non-hydrogen) atoms. The van der Waals surface area contributed by atoms with E-state index in [0.29, 0.717) is 19.3 Å². The zero-order chi connectivity index (χ0) is 45.9. The van der Waals surface area contributed by atoms with E-state index >= 15 is 0 Å². The minimum atomic E-state index is -0.788. The fourth-order valence-corrected chi connectivity index (χ4v) is 9.02. The molecule has 1 amide bonds. The van der Waals surface area contributed by atoms with Crippen molar-refractivity contribution in [2.75, 3.05) is 6.61 Å². The van der Waals surface area contributed by atoms with E-state index in [0.717, 1.165) is 51.4 Å². The maximum absolute atomic E-state index is 13.2. The van der Waals surface area contributed by atoms with Gasteiger partial charge in [0.05, 0.1) is 25.2 Å². The maximum atomic E-state index is 13.2. The molecule has 0 heterocycles. The van der Waals surface area contributed by atoms with E-state index in [4.69, 9.17) is 4.74 Å². The molecule has 0 saturated carbocycles. The number of carbonyl (C=O) groups excluding carboxylic acids is 2. The molecule has 6 nitrogen and oxygen atoms in total. The largest absolute Gasteiger partial charge is 0.462 e. The lowest BCUT2D eigenvalue weighted by Gasteiger charge is -2.24. The second-order valence-electron chi connectivity index (χ2n) is 19.7. The van der Waals surface area contributed by atoms with Gasteiger partial charge in [-0.3, -0.25) is 9.59 Å². The molecule has 0 aromatic heterocycles. The van der Waals surface area contributed by atoms with Crippen LogP contribution in [0.3, 0.4) is 0 Å². The number of esters is 1. The molecule has 0 aliphatic heterocycles. The topological polar surface area (TPSA) is 95.9 Å². The Kier molecular flexibility index (Phi) is 50.4. The molecule has 374 valence electrons. The van der Waals surface area contributed by atoms with Gasteiger partial charge in [0, 0.05) is 6.42 Å². The predicted octanol–water partition coefficient (Wildman–Crippen LogP) is 17.3. The number of aliphatic hydroxyl groups excluding tert-OH is 2. The number of allylic oxidation sites excluding steroid dienone is 2. The number of hydrogen-bond acceptors (Lipinski definition) is 5. The Labute approximate surface area is 393 Å². The van der Waals surface area contributed by atoms with E-state index in [-0.39, 0.29) is 24.9 Å². The molecule has 0 aromatic rings. The Morgan fingerprint density at radius 3 is 1.16 bits per heavy atom. The Morgan fingerprint density at radius 1 is 0.444 bits per heavy atom. The number of unbranched alkanes of at least 4 members (excludes halogenated alkanes) is 38. The summed E-state index contributed by atoms with van der Waals surface area (Å²) in [5.41, 5.74) is 0. The molecule has 0 radical (unpaired) electrons. The van der Waals surface area contributed by atoms with Gasteiger partial charge in [-0.15, -0.1) is 0 Å². The molecule has 6 heteroatoms. The molecule has 0 rings (SSSR count). The summed E-state index contributed by atoms with van der Waals surface area (Å²) in [7, 11) is 0. The summed E-state index contributed by atoms with van der Waals surface area (Å²) in [5.74, 6) is -0.482. The molecule has 0 aliphatic carbocycles. The van der Waals surface area contributed by atoms with Crippen LogP contribution in [0.1, 0.15) is 316 Å². The lowest BCUT2D eigenvalue weighted by Crippen LogP contribution is -2.46. The summed E-state index contributed by atoms with van der Waals surface area (Å²) in [6, 6.07) is -0.703. The molecular formula is C57H111NO5. The smallest absolute Gasteiger partial charge is 0.306 e. The standard InChI is InChI=1S/C57H111NO5/c1-4-7-10-13-16-19-22-24-26-27-28-29-30-32-35-38-41-44-47-50-57(62)63-53(48-45-42-39-36-33-21-18-15-12-9-6-3)51-56(61)58-54(52-59)55(60)49-46-43-40-37-34-31-25-23-20-17-14-11-8-5-2/h36,39,53-55,59-60H,4-35,37-38,40-52H2,1-3H3,(H,58,61)/b39-36-. The van der Waals surface area contributed by atoms with E-state index < -0.39 is 18.2 Å². The van der Waals surface area contributed by atoms with Crippen LogP contribution in [0.2, 0.25) is 0 Å². The molecule has 0 saturated heterocycles. The second-order valence-corrected chi connectivity index (χ2v) is 19.7. The van der Waals surface area contributed by atoms with E-state index in [1.165, 1.54) is 218 Å². The van der Waals surface area contributed by atoms with Gasteiger partial charge in [0.15, 0.2) is 0 Å². The summed E-state index contributed by atoms with van der Waals surface area (Å²) < 4.78 is 5.93. The maximum Gasteiger partial charge on any atom is 0.306 e. The molecule has 0 aromatic carbocycles. The SMILES string of the molecule is CCCCCCCC/C=C\CCCC(CC(=O)NC(CO)C(O)CCCCCCCCCCCCCCCC)OC(=O)CCCCCCCCCCCCCCCCCCCCC. The first-order chi connectivity index (χ1) is 31.0.